The molecule has 1 aromatic heterocycles. The second kappa shape index (κ2) is 8.22. The van der Waals surface area contributed by atoms with Crippen molar-refractivity contribution in [2.24, 2.45) is 0 Å². The first-order valence-electron chi connectivity index (χ1n) is 8.56. The quantitative estimate of drug-likeness (QED) is 0.863. The summed E-state index contributed by atoms with van der Waals surface area (Å²) in [6.07, 6.45) is 1.63. The van der Waals surface area contributed by atoms with E-state index in [1.165, 1.54) is 12.1 Å². The highest BCUT2D eigenvalue weighted by Gasteiger charge is 2.20. The Kier molecular flexibility index (Phi) is 5.78. The van der Waals surface area contributed by atoms with Crippen molar-refractivity contribution in [3.05, 3.63) is 42.0 Å². The van der Waals surface area contributed by atoms with Crippen LogP contribution in [0.2, 0.25) is 0 Å². The number of benzene rings is 1. The van der Waals surface area contributed by atoms with Crippen LogP contribution < -0.4 is 5.32 Å². The van der Waals surface area contributed by atoms with E-state index in [0.717, 1.165) is 31.9 Å². The number of aromatic nitrogens is 1. The SMILES string of the molecule is CCNC(=O)CN1CCN(Cc2coc(-c3cccc(F)c3)n2)CC1. The standard InChI is InChI=1S/C18H23FN4O2/c1-2-20-17(24)12-23-8-6-22(7-9-23)11-16-13-25-18(21-16)14-4-3-5-15(19)10-14/h3-5,10,13H,2,6-9,11-12H2,1H3,(H,20,24). The fraction of sp³-hybridized carbons (Fsp3) is 0.444. The predicted molar refractivity (Wildman–Crippen MR) is 92.3 cm³/mol. The second-order valence-electron chi connectivity index (χ2n) is 6.16. The summed E-state index contributed by atoms with van der Waals surface area (Å²) >= 11 is 0. The highest BCUT2D eigenvalue weighted by atomic mass is 19.1. The van der Waals surface area contributed by atoms with E-state index in [1.807, 2.05) is 6.92 Å². The number of nitrogens with zero attached hydrogens (tertiary/aromatic N) is 3. The van der Waals surface area contributed by atoms with Crippen molar-refractivity contribution in [2.75, 3.05) is 39.3 Å². The van der Waals surface area contributed by atoms with E-state index in [-0.39, 0.29) is 11.7 Å². The molecule has 6 nitrogen and oxygen atoms in total. The maximum atomic E-state index is 13.3. The number of piperazine rings is 1. The summed E-state index contributed by atoms with van der Waals surface area (Å²) in [4.78, 5) is 20.5. The zero-order valence-electron chi connectivity index (χ0n) is 14.4. The van der Waals surface area contributed by atoms with Crippen LogP contribution in [-0.4, -0.2) is 60.0 Å². The lowest BCUT2D eigenvalue weighted by molar-refractivity contribution is -0.122. The minimum atomic E-state index is -0.305. The highest BCUT2D eigenvalue weighted by molar-refractivity contribution is 5.77. The first-order chi connectivity index (χ1) is 12.1. The third-order valence-electron chi connectivity index (χ3n) is 4.21. The zero-order chi connectivity index (χ0) is 17.6. The van der Waals surface area contributed by atoms with Crippen molar-refractivity contribution in [2.45, 2.75) is 13.5 Å². The van der Waals surface area contributed by atoms with Gasteiger partial charge in [0.1, 0.15) is 12.1 Å². The van der Waals surface area contributed by atoms with Gasteiger partial charge >= 0.3 is 0 Å². The van der Waals surface area contributed by atoms with Crippen molar-refractivity contribution in [3.63, 3.8) is 0 Å². The van der Waals surface area contributed by atoms with Crippen LogP contribution in [-0.2, 0) is 11.3 Å². The molecule has 0 bridgehead atoms. The molecule has 0 spiro atoms. The molecule has 3 rings (SSSR count). The van der Waals surface area contributed by atoms with Crippen LogP contribution in [0.4, 0.5) is 4.39 Å². The van der Waals surface area contributed by atoms with Crippen molar-refractivity contribution >= 4 is 5.91 Å². The molecule has 1 aromatic carbocycles. The minimum Gasteiger partial charge on any atom is -0.444 e. The normalized spacial score (nSPS) is 16.1. The van der Waals surface area contributed by atoms with E-state index in [2.05, 4.69) is 20.1 Å². The number of halogens is 1. The van der Waals surface area contributed by atoms with E-state index in [0.29, 0.717) is 31.1 Å². The Labute approximate surface area is 146 Å². The fourth-order valence-electron chi connectivity index (χ4n) is 2.92. The lowest BCUT2D eigenvalue weighted by Crippen LogP contribution is -2.49. The van der Waals surface area contributed by atoms with Gasteiger partial charge in [0.2, 0.25) is 11.8 Å². The fourth-order valence-corrected chi connectivity index (χ4v) is 2.92. The molecule has 1 N–H and O–H groups in total. The van der Waals surface area contributed by atoms with Gasteiger partial charge in [0.25, 0.3) is 0 Å². The third kappa shape index (κ3) is 4.87. The number of nitrogens with one attached hydrogen (secondary N) is 1. The van der Waals surface area contributed by atoms with Gasteiger partial charge in [0, 0.05) is 44.8 Å². The molecule has 1 aliphatic rings. The Morgan fingerprint density at radius 2 is 2.04 bits per heavy atom. The molecule has 25 heavy (non-hydrogen) atoms. The molecule has 1 fully saturated rings. The number of likely N-dealkylation sites (N-methyl/N-ethyl adjacent to an activating group) is 1. The molecule has 0 unspecified atom stereocenters. The molecule has 0 aliphatic carbocycles. The van der Waals surface area contributed by atoms with Crippen LogP contribution in [0.1, 0.15) is 12.6 Å². The molecular weight excluding hydrogens is 323 g/mol. The first-order valence-corrected chi connectivity index (χ1v) is 8.56. The lowest BCUT2D eigenvalue weighted by atomic mass is 10.2. The Morgan fingerprint density at radius 3 is 2.76 bits per heavy atom. The Balaban J connectivity index is 1.50. The van der Waals surface area contributed by atoms with Crippen molar-refractivity contribution in [1.29, 1.82) is 0 Å². The summed E-state index contributed by atoms with van der Waals surface area (Å²) in [6.45, 7) is 7.19. The Morgan fingerprint density at radius 1 is 1.28 bits per heavy atom. The Hall–Kier alpha value is -2.25. The average molecular weight is 346 g/mol. The van der Waals surface area contributed by atoms with Crippen LogP contribution in [0.5, 0.6) is 0 Å². The monoisotopic (exact) mass is 346 g/mol. The average Bonchev–Trinajstić information content (AvgIpc) is 3.05. The smallest absolute Gasteiger partial charge is 0.234 e. The van der Waals surface area contributed by atoms with E-state index in [4.69, 9.17) is 4.42 Å². The van der Waals surface area contributed by atoms with Gasteiger partial charge in [-0.2, -0.15) is 0 Å². The van der Waals surface area contributed by atoms with Gasteiger partial charge in [-0.1, -0.05) is 6.07 Å². The van der Waals surface area contributed by atoms with Crippen LogP contribution in [0.3, 0.4) is 0 Å². The maximum Gasteiger partial charge on any atom is 0.234 e. The highest BCUT2D eigenvalue weighted by Crippen LogP contribution is 2.20. The van der Waals surface area contributed by atoms with Gasteiger partial charge in [0.05, 0.1) is 12.2 Å². The van der Waals surface area contributed by atoms with Gasteiger partial charge in [-0.3, -0.25) is 14.6 Å². The number of hydrogen-bond acceptors (Lipinski definition) is 5. The summed E-state index contributed by atoms with van der Waals surface area (Å²) < 4.78 is 18.8. The van der Waals surface area contributed by atoms with Crippen LogP contribution in [0.15, 0.2) is 34.9 Å². The minimum absolute atomic E-state index is 0.0761. The molecule has 7 heteroatoms. The number of carbonyl (C=O) groups is 1. The summed E-state index contributed by atoms with van der Waals surface area (Å²) in [5, 5.41) is 2.82. The molecule has 1 saturated heterocycles. The van der Waals surface area contributed by atoms with E-state index < -0.39 is 0 Å². The zero-order valence-corrected chi connectivity index (χ0v) is 14.4. The number of rotatable bonds is 6. The molecule has 134 valence electrons. The molecule has 0 atom stereocenters. The lowest BCUT2D eigenvalue weighted by Gasteiger charge is -2.33. The largest absolute Gasteiger partial charge is 0.444 e. The Bertz CT molecular complexity index is 711. The van der Waals surface area contributed by atoms with E-state index >= 15 is 0 Å². The van der Waals surface area contributed by atoms with Gasteiger partial charge in [-0.15, -0.1) is 0 Å². The summed E-state index contributed by atoms with van der Waals surface area (Å²) in [6, 6.07) is 6.23. The molecule has 0 radical (unpaired) electrons. The van der Waals surface area contributed by atoms with Crippen molar-refractivity contribution in [1.82, 2.24) is 20.1 Å². The van der Waals surface area contributed by atoms with Gasteiger partial charge in [0.15, 0.2) is 0 Å². The van der Waals surface area contributed by atoms with Crippen LogP contribution in [0, 0.1) is 5.82 Å². The topological polar surface area (TPSA) is 61.6 Å². The van der Waals surface area contributed by atoms with Gasteiger partial charge < -0.3 is 9.73 Å². The number of carbonyl (C=O) groups excluding carboxylic acids is 1. The second-order valence-corrected chi connectivity index (χ2v) is 6.16. The number of oxazole rings is 1. The summed E-state index contributed by atoms with van der Waals surface area (Å²) in [7, 11) is 0. The molecule has 2 aromatic rings. The van der Waals surface area contributed by atoms with E-state index in [9.17, 15) is 9.18 Å². The third-order valence-corrected chi connectivity index (χ3v) is 4.21. The number of hydrogen-bond donors (Lipinski definition) is 1. The molecule has 2 heterocycles. The molecular formula is C18H23FN4O2. The molecule has 1 aliphatic heterocycles. The van der Waals surface area contributed by atoms with Crippen molar-refractivity contribution in [3.8, 4) is 11.5 Å². The van der Waals surface area contributed by atoms with E-state index in [1.54, 1.807) is 18.4 Å². The van der Waals surface area contributed by atoms with Crippen LogP contribution >= 0.6 is 0 Å². The van der Waals surface area contributed by atoms with Gasteiger partial charge in [-0.05, 0) is 25.1 Å². The van der Waals surface area contributed by atoms with Crippen LogP contribution in [0.25, 0.3) is 11.5 Å². The first kappa shape index (κ1) is 17.6. The summed E-state index contributed by atoms with van der Waals surface area (Å²) in [5.74, 6) is 0.206. The molecule has 0 saturated carbocycles. The predicted octanol–water partition coefficient (Wildman–Crippen LogP) is 1.73. The maximum absolute atomic E-state index is 13.3. The van der Waals surface area contributed by atoms with Crippen molar-refractivity contribution < 1.29 is 13.6 Å². The number of amides is 1. The molecule has 1 amide bonds. The van der Waals surface area contributed by atoms with Gasteiger partial charge in [-0.25, -0.2) is 9.37 Å². The summed E-state index contributed by atoms with van der Waals surface area (Å²) in [5.41, 5.74) is 1.47.